The van der Waals surface area contributed by atoms with Crippen molar-refractivity contribution in [2.24, 2.45) is 5.92 Å². The minimum Gasteiger partial charge on any atom is -0.493 e. The Bertz CT molecular complexity index is 1280. The zero-order valence-corrected chi connectivity index (χ0v) is 17.5. The maximum atomic E-state index is 6.22. The molecule has 7 heteroatoms. The lowest BCUT2D eigenvalue weighted by atomic mass is 10.1. The SMILES string of the molecule is CC(C)COc1ccc(Cl)cc1Cc1ccc(-c2nc3cc4c[nH][nH]c4cc3n2)o1. The van der Waals surface area contributed by atoms with Crippen molar-refractivity contribution in [3.63, 3.8) is 0 Å². The third kappa shape index (κ3) is 3.66. The average molecular weight is 421 g/mol. The number of benzene rings is 2. The Labute approximate surface area is 178 Å². The van der Waals surface area contributed by atoms with Gasteiger partial charge in [0.1, 0.15) is 11.5 Å². The van der Waals surface area contributed by atoms with Crippen LogP contribution in [-0.4, -0.2) is 26.8 Å². The summed E-state index contributed by atoms with van der Waals surface area (Å²) in [6.45, 7) is 4.90. The number of hydrogen-bond acceptors (Lipinski definition) is 4. The Morgan fingerprint density at radius 1 is 1.07 bits per heavy atom. The number of aromatic amines is 2. The van der Waals surface area contributed by atoms with Crippen LogP contribution in [0.25, 0.3) is 33.5 Å². The molecule has 2 aromatic carbocycles. The second-order valence-corrected chi connectivity index (χ2v) is 8.23. The molecule has 30 heavy (non-hydrogen) atoms. The van der Waals surface area contributed by atoms with Crippen molar-refractivity contribution in [1.82, 2.24) is 20.2 Å². The van der Waals surface area contributed by atoms with Gasteiger partial charge in [-0.05, 0) is 48.4 Å². The summed E-state index contributed by atoms with van der Waals surface area (Å²) in [6.07, 6.45) is 2.48. The minimum atomic E-state index is 0.442. The zero-order chi connectivity index (χ0) is 20.7. The summed E-state index contributed by atoms with van der Waals surface area (Å²) in [4.78, 5) is 9.26. The number of nitrogens with zero attached hydrogens (tertiary/aromatic N) is 2. The van der Waals surface area contributed by atoms with Crippen molar-refractivity contribution in [1.29, 1.82) is 0 Å². The minimum absolute atomic E-state index is 0.442. The van der Waals surface area contributed by atoms with E-state index >= 15 is 0 Å². The monoisotopic (exact) mass is 420 g/mol. The van der Waals surface area contributed by atoms with Crippen molar-refractivity contribution in [2.45, 2.75) is 20.3 Å². The van der Waals surface area contributed by atoms with Crippen molar-refractivity contribution < 1.29 is 9.15 Å². The summed E-state index contributed by atoms with van der Waals surface area (Å²) < 4.78 is 12.0. The van der Waals surface area contributed by atoms with Crippen LogP contribution in [0.4, 0.5) is 0 Å². The Balaban J connectivity index is 1.42. The van der Waals surface area contributed by atoms with Crippen molar-refractivity contribution in [3.05, 3.63) is 65.0 Å². The van der Waals surface area contributed by atoms with Gasteiger partial charge in [-0.15, -0.1) is 0 Å². The number of aromatic nitrogens is 4. The largest absolute Gasteiger partial charge is 0.493 e. The maximum Gasteiger partial charge on any atom is 0.196 e. The van der Waals surface area contributed by atoms with Crippen LogP contribution in [0.2, 0.25) is 5.02 Å². The van der Waals surface area contributed by atoms with E-state index in [0.717, 1.165) is 39.0 Å². The van der Waals surface area contributed by atoms with Gasteiger partial charge in [0.25, 0.3) is 0 Å². The predicted molar refractivity (Wildman–Crippen MR) is 118 cm³/mol. The van der Waals surface area contributed by atoms with Crippen LogP contribution in [-0.2, 0) is 6.42 Å². The van der Waals surface area contributed by atoms with E-state index in [4.69, 9.17) is 20.8 Å². The first-order chi connectivity index (χ1) is 14.5. The molecule has 0 saturated heterocycles. The van der Waals surface area contributed by atoms with Crippen LogP contribution in [0, 0.1) is 5.92 Å². The number of rotatable bonds is 6. The topological polar surface area (TPSA) is 79.7 Å². The molecule has 0 amide bonds. The maximum absolute atomic E-state index is 6.22. The van der Waals surface area contributed by atoms with Crippen LogP contribution in [0.1, 0.15) is 25.2 Å². The van der Waals surface area contributed by atoms with E-state index in [1.165, 1.54) is 0 Å². The molecule has 0 atom stereocenters. The number of hydrogen-bond donors (Lipinski definition) is 2. The molecule has 2 N–H and O–H groups in total. The molecular weight excluding hydrogens is 400 g/mol. The van der Waals surface area contributed by atoms with Gasteiger partial charge in [-0.2, -0.15) is 0 Å². The number of fused-ring (bicyclic) bond motifs is 2. The summed E-state index contributed by atoms with van der Waals surface area (Å²) in [7, 11) is 0. The fourth-order valence-electron chi connectivity index (χ4n) is 3.42. The fourth-order valence-corrected chi connectivity index (χ4v) is 3.61. The summed E-state index contributed by atoms with van der Waals surface area (Å²) in [5.74, 6) is 3.29. The lowest BCUT2D eigenvalue weighted by Crippen LogP contribution is -2.06. The highest BCUT2D eigenvalue weighted by Crippen LogP contribution is 2.29. The summed E-state index contributed by atoms with van der Waals surface area (Å²) in [5, 5.41) is 7.79. The van der Waals surface area contributed by atoms with Gasteiger partial charge in [0, 0.05) is 28.6 Å². The molecule has 0 unspecified atom stereocenters. The molecule has 0 saturated carbocycles. The van der Waals surface area contributed by atoms with Crippen molar-refractivity contribution >= 4 is 33.5 Å². The number of nitrogens with one attached hydrogen (secondary N) is 2. The molecule has 0 aliphatic heterocycles. The smallest absolute Gasteiger partial charge is 0.196 e. The highest BCUT2D eigenvalue weighted by Gasteiger charge is 2.14. The fraction of sp³-hybridized carbons (Fsp3) is 0.217. The summed E-state index contributed by atoms with van der Waals surface area (Å²) in [5.41, 5.74) is 3.64. The molecule has 0 radical (unpaired) electrons. The molecule has 152 valence electrons. The van der Waals surface area contributed by atoms with Gasteiger partial charge in [-0.1, -0.05) is 25.4 Å². The van der Waals surface area contributed by atoms with E-state index in [2.05, 4.69) is 34.0 Å². The predicted octanol–water partition coefficient (Wildman–Crippen LogP) is 5.98. The van der Waals surface area contributed by atoms with E-state index in [1.54, 1.807) is 0 Å². The Kier molecular flexibility index (Phi) is 4.71. The van der Waals surface area contributed by atoms with E-state index in [0.29, 0.717) is 35.6 Å². The highest BCUT2D eigenvalue weighted by molar-refractivity contribution is 6.30. The molecule has 3 heterocycles. The van der Waals surface area contributed by atoms with Crippen LogP contribution >= 0.6 is 11.6 Å². The molecule has 0 bridgehead atoms. The highest BCUT2D eigenvalue weighted by atomic mass is 35.5. The number of H-pyrrole nitrogens is 2. The second kappa shape index (κ2) is 7.54. The van der Waals surface area contributed by atoms with Gasteiger partial charge in [0.2, 0.25) is 0 Å². The van der Waals surface area contributed by atoms with Gasteiger partial charge in [0.05, 0.1) is 23.2 Å². The molecule has 0 fully saturated rings. The first-order valence-electron chi connectivity index (χ1n) is 9.89. The third-order valence-corrected chi connectivity index (χ3v) is 5.11. The molecular formula is C23H21ClN4O2. The third-order valence-electron chi connectivity index (χ3n) is 4.88. The van der Waals surface area contributed by atoms with Gasteiger partial charge < -0.3 is 19.4 Å². The second-order valence-electron chi connectivity index (χ2n) is 7.79. The van der Waals surface area contributed by atoms with E-state index in [9.17, 15) is 0 Å². The molecule has 5 aromatic rings. The summed E-state index contributed by atoms with van der Waals surface area (Å²) in [6, 6.07) is 13.5. The molecule has 0 spiro atoms. The standard InChI is InChI=1S/C23H21ClN4O2/c1-13(2)12-29-21-5-3-16(24)7-14(21)8-17-4-6-22(30-17)23-26-19-9-15-11-25-28-18(15)10-20(19)27-23/h3-7,9-11,13,25,28H,8,12H2,1-2H3. The van der Waals surface area contributed by atoms with Gasteiger partial charge in [-0.25, -0.2) is 9.97 Å². The van der Waals surface area contributed by atoms with Crippen LogP contribution < -0.4 is 4.74 Å². The first-order valence-corrected chi connectivity index (χ1v) is 10.3. The Morgan fingerprint density at radius 3 is 2.73 bits per heavy atom. The lowest BCUT2D eigenvalue weighted by Gasteiger charge is -2.13. The van der Waals surface area contributed by atoms with Gasteiger partial charge in [0.15, 0.2) is 11.6 Å². The number of imidazole rings is 1. The van der Waals surface area contributed by atoms with Crippen LogP contribution in [0.3, 0.4) is 0 Å². The molecule has 6 nitrogen and oxygen atoms in total. The molecule has 0 aliphatic carbocycles. The zero-order valence-electron chi connectivity index (χ0n) is 16.7. The number of ether oxygens (including phenoxy) is 1. The van der Waals surface area contributed by atoms with E-state index in [1.807, 2.05) is 48.7 Å². The lowest BCUT2D eigenvalue weighted by molar-refractivity contribution is 0.268. The van der Waals surface area contributed by atoms with E-state index in [-0.39, 0.29) is 0 Å². The quantitative estimate of drug-likeness (QED) is 0.354. The molecule has 0 aliphatic rings. The average Bonchev–Trinajstić information content (AvgIpc) is 3.44. The Morgan fingerprint density at radius 2 is 1.90 bits per heavy atom. The first kappa shape index (κ1) is 18.8. The number of furan rings is 1. The van der Waals surface area contributed by atoms with Crippen molar-refractivity contribution in [3.8, 4) is 17.3 Å². The normalized spacial score (nSPS) is 11.7. The molecule has 5 rings (SSSR count). The van der Waals surface area contributed by atoms with Crippen LogP contribution in [0.5, 0.6) is 5.75 Å². The van der Waals surface area contributed by atoms with Gasteiger partial charge >= 0.3 is 0 Å². The summed E-state index contributed by atoms with van der Waals surface area (Å²) >= 11 is 6.22. The van der Waals surface area contributed by atoms with Crippen LogP contribution in [0.15, 0.2) is 53.1 Å². The molecule has 3 aromatic heterocycles. The Hall–Kier alpha value is -3.25. The van der Waals surface area contributed by atoms with Crippen molar-refractivity contribution in [2.75, 3.05) is 6.61 Å². The van der Waals surface area contributed by atoms with Gasteiger partial charge in [-0.3, -0.25) is 0 Å². The number of halogens is 1. The van der Waals surface area contributed by atoms with E-state index < -0.39 is 0 Å².